The van der Waals surface area contributed by atoms with E-state index in [1.807, 2.05) is 30.5 Å². The molecule has 0 fully saturated rings. The maximum absolute atomic E-state index is 11.8. The summed E-state index contributed by atoms with van der Waals surface area (Å²) in [5, 5.41) is 8.45. The Morgan fingerprint density at radius 2 is 2.48 bits per heavy atom. The molecular formula is C15H19N3O2S. The minimum Gasteiger partial charge on any atom is -0.462 e. The van der Waals surface area contributed by atoms with Gasteiger partial charge in [-0.25, -0.2) is 9.78 Å². The normalized spacial score (nSPS) is 11.9. The average molecular weight is 305 g/mol. The van der Waals surface area contributed by atoms with Crippen LogP contribution in [0.1, 0.15) is 25.5 Å². The molecule has 21 heavy (non-hydrogen) atoms. The Bertz CT molecular complexity index is 578. The van der Waals surface area contributed by atoms with E-state index in [2.05, 4.69) is 22.2 Å². The summed E-state index contributed by atoms with van der Waals surface area (Å²) in [5.41, 5.74) is 0.818. The predicted octanol–water partition coefficient (Wildman–Crippen LogP) is 3.56. The highest BCUT2D eigenvalue weighted by molar-refractivity contribution is 7.13. The van der Waals surface area contributed by atoms with Crippen LogP contribution in [-0.2, 0) is 6.54 Å². The van der Waals surface area contributed by atoms with Crippen molar-refractivity contribution in [1.29, 1.82) is 0 Å². The van der Waals surface area contributed by atoms with Crippen molar-refractivity contribution in [1.82, 2.24) is 15.6 Å². The zero-order chi connectivity index (χ0) is 15.1. The van der Waals surface area contributed by atoms with Crippen LogP contribution < -0.4 is 10.6 Å². The summed E-state index contributed by atoms with van der Waals surface area (Å²) < 4.78 is 5.29. The molecule has 0 aliphatic rings. The summed E-state index contributed by atoms with van der Waals surface area (Å²) in [4.78, 5) is 16.2. The molecule has 2 amide bonds. The van der Waals surface area contributed by atoms with Crippen molar-refractivity contribution in [3.05, 3.63) is 42.1 Å². The maximum Gasteiger partial charge on any atom is 0.315 e. The molecule has 0 aliphatic heterocycles. The monoisotopic (exact) mass is 305 g/mol. The van der Waals surface area contributed by atoms with Gasteiger partial charge in [-0.2, -0.15) is 0 Å². The number of aromatic nitrogens is 1. The highest BCUT2D eigenvalue weighted by Crippen LogP contribution is 2.23. The summed E-state index contributed by atoms with van der Waals surface area (Å²) in [6.45, 7) is 6.12. The lowest BCUT2D eigenvalue weighted by Crippen LogP contribution is -2.41. The second-order valence-corrected chi connectivity index (χ2v) is 5.44. The summed E-state index contributed by atoms with van der Waals surface area (Å²) in [6, 6.07) is 3.63. The summed E-state index contributed by atoms with van der Waals surface area (Å²) in [7, 11) is 0. The molecule has 2 aromatic heterocycles. The van der Waals surface area contributed by atoms with Crippen LogP contribution in [0.3, 0.4) is 0 Å². The second kappa shape index (κ2) is 7.64. The number of hydrogen-bond acceptors (Lipinski definition) is 4. The van der Waals surface area contributed by atoms with Crippen LogP contribution in [0.25, 0.3) is 10.8 Å². The highest BCUT2D eigenvalue weighted by Gasteiger charge is 2.10. The van der Waals surface area contributed by atoms with Crippen molar-refractivity contribution >= 4 is 17.4 Å². The Labute approximate surface area is 128 Å². The van der Waals surface area contributed by atoms with Gasteiger partial charge in [0.15, 0.2) is 10.8 Å². The molecular weight excluding hydrogens is 286 g/mol. The van der Waals surface area contributed by atoms with Crippen LogP contribution in [-0.4, -0.2) is 17.1 Å². The number of carbonyl (C=O) groups excluding carboxylic acids is 1. The Kier molecular flexibility index (Phi) is 5.57. The van der Waals surface area contributed by atoms with E-state index < -0.39 is 0 Å². The second-order valence-electron chi connectivity index (χ2n) is 4.58. The van der Waals surface area contributed by atoms with E-state index >= 15 is 0 Å². The molecule has 0 spiro atoms. The minimum atomic E-state index is -0.184. The van der Waals surface area contributed by atoms with Crippen LogP contribution in [0, 0.1) is 0 Å². The van der Waals surface area contributed by atoms with E-state index in [0.29, 0.717) is 6.54 Å². The van der Waals surface area contributed by atoms with Crippen molar-refractivity contribution < 1.29 is 9.21 Å². The topological polar surface area (TPSA) is 67.2 Å². The van der Waals surface area contributed by atoms with Gasteiger partial charge < -0.3 is 15.1 Å². The zero-order valence-electron chi connectivity index (χ0n) is 12.0. The van der Waals surface area contributed by atoms with Gasteiger partial charge in [-0.05, 0) is 25.0 Å². The third-order valence-electron chi connectivity index (χ3n) is 2.99. The van der Waals surface area contributed by atoms with Gasteiger partial charge in [-0.3, -0.25) is 0 Å². The van der Waals surface area contributed by atoms with E-state index in [1.54, 1.807) is 6.26 Å². The molecule has 0 bridgehead atoms. The lowest BCUT2D eigenvalue weighted by Gasteiger charge is -2.15. The number of rotatable bonds is 7. The Morgan fingerprint density at radius 3 is 3.14 bits per heavy atom. The number of hydrogen-bond donors (Lipinski definition) is 2. The average Bonchev–Trinajstić information content (AvgIpc) is 3.15. The van der Waals surface area contributed by atoms with Gasteiger partial charge >= 0.3 is 6.03 Å². The van der Waals surface area contributed by atoms with Crippen molar-refractivity contribution in [3.8, 4) is 10.8 Å². The molecule has 2 N–H and O–H groups in total. The highest BCUT2D eigenvalue weighted by atomic mass is 32.1. The number of thiazole rings is 1. The molecule has 2 heterocycles. The molecule has 0 radical (unpaired) electrons. The van der Waals surface area contributed by atoms with Gasteiger partial charge in [0.25, 0.3) is 0 Å². The Hall–Kier alpha value is -2.08. The lowest BCUT2D eigenvalue weighted by atomic mass is 10.1. The molecule has 0 saturated heterocycles. The third-order valence-corrected chi connectivity index (χ3v) is 3.90. The quantitative estimate of drug-likeness (QED) is 0.769. The van der Waals surface area contributed by atoms with E-state index in [9.17, 15) is 4.79 Å². The van der Waals surface area contributed by atoms with Crippen molar-refractivity contribution in [2.75, 3.05) is 0 Å². The number of nitrogens with zero attached hydrogens (tertiary/aromatic N) is 1. The molecule has 2 rings (SSSR count). The van der Waals surface area contributed by atoms with Crippen LogP contribution >= 0.6 is 11.3 Å². The first-order valence-electron chi connectivity index (χ1n) is 6.86. The van der Waals surface area contributed by atoms with Crippen molar-refractivity contribution in [3.63, 3.8) is 0 Å². The van der Waals surface area contributed by atoms with Gasteiger partial charge in [-0.1, -0.05) is 13.0 Å². The molecule has 1 atom stereocenters. The number of carbonyl (C=O) groups is 1. The van der Waals surface area contributed by atoms with Crippen molar-refractivity contribution in [2.45, 2.75) is 32.4 Å². The van der Waals surface area contributed by atoms with Gasteiger partial charge in [0, 0.05) is 11.4 Å². The zero-order valence-corrected chi connectivity index (χ0v) is 12.8. The maximum atomic E-state index is 11.8. The van der Waals surface area contributed by atoms with Crippen LogP contribution in [0.2, 0.25) is 0 Å². The predicted molar refractivity (Wildman–Crippen MR) is 84.1 cm³/mol. The van der Waals surface area contributed by atoms with Crippen LogP contribution in [0.5, 0.6) is 0 Å². The number of urea groups is 1. The summed E-state index contributed by atoms with van der Waals surface area (Å²) in [5.74, 6) is 0.743. The van der Waals surface area contributed by atoms with Crippen LogP contribution in [0.15, 0.2) is 40.8 Å². The van der Waals surface area contributed by atoms with Crippen molar-refractivity contribution in [2.24, 2.45) is 0 Å². The number of amides is 2. The van der Waals surface area contributed by atoms with Gasteiger partial charge in [-0.15, -0.1) is 17.9 Å². The van der Waals surface area contributed by atoms with E-state index in [0.717, 1.165) is 29.3 Å². The smallest absolute Gasteiger partial charge is 0.315 e. The minimum absolute atomic E-state index is 0.122. The Morgan fingerprint density at radius 1 is 1.62 bits per heavy atom. The lowest BCUT2D eigenvalue weighted by molar-refractivity contribution is 0.236. The SMILES string of the molecule is C=CC[C@@H](CC)NC(=O)NCc1csc(-c2ccco2)n1. The van der Waals surface area contributed by atoms with Gasteiger partial charge in [0.2, 0.25) is 0 Å². The largest absolute Gasteiger partial charge is 0.462 e. The fourth-order valence-electron chi connectivity index (χ4n) is 1.84. The Balaban J connectivity index is 1.83. The van der Waals surface area contributed by atoms with Gasteiger partial charge in [0.1, 0.15) is 0 Å². The van der Waals surface area contributed by atoms with Crippen LogP contribution in [0.4, 0.5) is 4.79 Å². The number of furan rings is 1. The molecule has 112 valence electrons. The molecule has 0 unspecified atom stereocenters. The third kappa shape index (κ3) is 4.46. The molecule has 6 heteroatoms. The fraction of sp³-hybridized carbons (Fsp3) is 0.333. The number of nitrogens with one attached hydrogen (secondary N) is 2. The standard InChI is InChI=1S/C15H19N3O2S/c1-3-6-11(4-2)18-15(19)16-9-12-10-21-14(17-12)13-7-5-8-20-13/h3,5,7-8,10-11H,1,4,6,9H2,2H3,(H2,16,18,19)/t11-/m1/s1. The first kappa shape index (κ1) is 15.3. The summed E-state index contributed by atoms with van der Waals surface area (Å²) >= 11 is 1.50. The molecule has 0 aliphatic carbocycles. The van der Waals surface area contributed by atoms with Gasteiger partial charge in [0.05, 0.1) is 18.5 Å². The molecule has 5 nitrogen and oxygen atoms in total. The fourth-order valence-corrected chi connectivity index (χ4v) is 2.62. The van der Waals surface area contributed by atoms with E-state index in [4.69, 9.17) is 4.42 Å². The molecule has 0 aromatic carbocycles. The molecule has 2 aromatic rings. The first-order chi connectivity index (χ1) is 10.2. The molecule has 0 saturated carbocycles. The summed E-state index contributed by atoms with van der Waals surface area (Å²) in [6.07, 6.45) is 5.07. The van der Waals surface area contributed by atoms with E-state index in [1.165, 1.54) is 11.3 Å². The van der Waals surface area contributed by atoms with E-state index in [-0.39, 0.29) is 12.1 Å². The first-order valence-corrected chi connectivity index (χ1v) is 7.74.